The summed E-state index contributed by atoms with van der Waals surface area (Å²) in [7, 11) is 0. The first-order valence-electron chi connectivity index (χ1n) is 5.21. The minimum absolute atomic E-state index is 0.235. The maximum Gasteiger partial charge on any atom is 0.433 e. The van der Waals surface area contributed by atoms with Crippen LogP contribution in [0.5, 0.6) is 0 Å². The van der Waals surface area contributed by atoms with Crippen LogP contribution in [-0.2, 0) is 6.54 Å². The lowest BCUT2D eigenvalue weighted by Gasteiger charge is -2.04. The van der Waals surface area contributed by atoms with Crippen molar-refractivity contribution in [3.8, 4) is 0 Å². The number of hydrogen-bond acceptors (Lipinski definition) is 5. The lowest BCUT2D eigenvalue weighted by molar-refractivity contribution is -0.402. The van der Waals surface area contributed by atoms with Crippen molar-refractivity contribution in [1.29, 1.82) is 0 Å². The van der Waals surface area contributed by atoms with Crippen molar-refractivity contribution < 1.29 is 14.4 Å². The Labute approximate surface area is 93.4 Å². The lowest BCUT2D eigenvalue weighted by Crippen LogP contribution is -2.15. The summed E-state index contributed by atoms with van der Waals surface area (Å²) in [5.41, 5.74) is 0. The normalized spacial score (nSPS) is 12.6. The summed E-state index contributed by atoms with van der Waals surface area (Å²) >= 11 is 0. The van der Waals surface area contributed by atoms with Gasteiger partial charge in [-0.25, -0.2) is 0 Å². The molecule has 0 bridgehead atoms. The number of nitro groups is 1. The summed E-state index contributed by atoms with van der Waals surface area (Å²) < 4.78 is 4.96. The molecule has 2 N–H and O–H groups in total. The Morgan fingerprint density at radius 1 is 1.62 bits per heavy atom. The zero-order chi connectivity index (χ0) is 12.0. The summed E-state index contributed by atoms with van der Waals surface area (Å²) in [5.74, 6) is 0.310. The summed E-state index contributed by atoms with van der Waals surface area (Å²) in [5, 5.41) is 22.4. The topological polar surface area (TPSA) is 88.5 Å². The first-order valence-corrected chi connectivity index (χ1v) is 5.21. The first kappa shape index (κ1) is 12.7. The zero-order valence-electron chi connectivity index (χ0n) is 9.18. The minimum Gasteiger partial charge on any atom is -0.404 e. The largest absolute Gasteiger partial charge is 0.433 e. The molecule has 1 atom stereocenters. The van der Waals surface area contributed by atoms with Crippen molar-refractivity contribution in [2.24, 2.45) is 0 Å². The van der Waals surface area contributed by atoms with Gasteiger partial charge in [0.1, 0.15) is 10.7 Å². The second-order valence-electron chi connectivity index (χ2n) is 3.67. The van der Waals surface area contributed by atoms with Crippen LogP contribution in [0, 0.1) is 10.1 Å². The smallest absolute Gasteiger partial charge is 0.404 e. The van der Waals surface area contributed by atoms with Gasteiger partial charge in [-0.1, -0.05) is 0 Å². The average Bonchev–Trinajstić information content (AvgIpc) is 2.65. The van der Waals surface area contributed by atoms with Gasteiger partial charge in [0.15, 0.2) is 0 Å². The molecule has 1 unspecified atom stereocenters. The van der Waals surface area contributed by atoms with Gasteiger partial charge in [0, 0.05) is 0 Å². The van der Waals surface area contributed by atoms with Crippen LogP contribution >= 0.6 is 0 Å². The van der Waals surface area contributed by atoms with E-state index >= 15 is 0 Å². The van der Waals surface area contributed by atoms with Crippen LogP contribution in [0.4, 0.5) is 5.88 Å². The third kappa shape index (κ3) is 4.41. The number of rotatable bonds is 7. The van der Waals surface area contributed by atoms with Crippen LogP contribution in [0.2, 0.25) is 0 Å². The molecule has 90 valence electrons. The number of aliphatic hydroxyl groups excluding tert-OH is 1. The van der Waals surface area contributed by atoms with Crippen molar-refractivity contribution >= 4 is 5.88 Å². The van der Waals surface area contributed by atoms with Crippen LogP contribution in [0.3, 0.4) is 0 Å². The number of hydrogen-bond donors (Lipinski definition) is 2. The SMILES string of the molecule is CC(O)CCCNCc1ccc([N+](=O)[O-])o1. The Bertz CT molecular complexity index is 335. The van der Waals surface area contributed by atoms with E-state index in [-0.39, 0.29) is 12.0 Å². The molecule has 1 aromatic heterocycles. The van der Waals surface area contributed by atoms with Gasteiger partial charge in [0.2, 0.25) is 0 Å². The van der Waals surface area contributed by atoms with Gasteiger partial charge in [-0.15, -0.1) is 0 Å². The number of furan rings is 1. The summed E-state index contributed by atoms with van der Waals surface area (Å²) in [6.45, 7) is 2.96. The highest BCUT2D eigenvalue weighted by atomic mass is 16.6. The minimum atomic E-state index is -0.559. The molecule has 0 amide bonds. The molecule has 6 nitrogen and oxygen atoms in total. The highest BCUT2D eigenvalue weighted by Crippen LogP contribution is 2.15. The third-order valence-corrected chi connectivity index (χ3v) is 2.10. The predicted octanol–water partition coefficient (Wildman–Crippen LogP) is 1.44. The van der Waals surface area contributed by atoms with Crippen LogP contribution in [0.1, 0.15) is 25.5 Å². The van der Waals surface area contributed by atoms with E-state index in [1.54, 1.807) is 13.0 Å². The number of nitrogens with one attached hydrogen (secondary N) is 1. The van der Waals surface area contributed by atoms with E-state index in [4.69, 9.17) is 9.52 Å². The number of nitrogens with zero attached hydrogens (tertiary/aromatic N) is 1. The van der Waals surface area contributed by atoms with Crippen LogP contribution in [-0.4, -0.2) is 22.7 Å². The van der Waals surface area contributed by atoms with E-state index in [1.165, 1.54) is 6.07 Å². The molecule has 0 aliphatic rings. The molecule has 6 heteroatoms. The molecular weight excluding hydrogens is 212 g/mol. The van der Waals surface area contributed by atoms with E-state index in [0.717, 1.165) is 19.4 Å². The molecule has 0 aliphatic carbocycles. The van der Waals surface area contributed by atoms with Crippen molar-refractivity contribution in [3.63, 3.8) is 0 Å². The van der Waals surface area contributed by atoms with Gasteiger partial charge in [-0.2, -0.15) is 0 Å². The van der Waals surface area contributed by atoms with Crippen molar-refractivity contribution in [2.45, 2.75) is 32.4 Å². The number of aliphatic hydroxyl groups is 1. The Morgan fingerprint density at radius 2 is 2.38 bits per heavy atom. The Hall–Kier alpha value is -1.40. The molecule has 0 fully saturated rings. The molecular formula is C10H16N2O4. The fourth-order valence-corrected chi connectivity index (χ4v) is 1.29. The molecule has 0 aromatic carbocycles. The lowest BCUT2D eigenvalue weighted by atomic mass is 10.2. The molecule has 16 heavy (non-hydrogen) atoms. The molecule has 0 saturated heterocycles. The Kier molecular flexibility index (Phi) is 4.94. The molecule has 0 saturated carbocycles. The summed E-state index contributed by atoms with van der Waals surface area (Å²) in [6, 6.07) is 2.92. The van der Waals surface area contributed by atoms with Gasteiger partial charge in [-0.05, 0) is 32.4 Å². The Balaban J connectivity index is 2.19. The van der Waals surface area contributed by atoms with Crippen molar-refractivity contribution in [2.75, 3.05) is 6.54 Å². The molecule has 1 rings (SSSR count). The van der Waals surface area contributed by atoms with Gasteiger partial charge in [0.25, 0.3) is 0 Å². The third-order valence-electron chi connectivity index (χ3n) is 2.10. The van der Waals surface area contributed by atoms with Gasteiger partial charge >= 0.3 is 5.88 Å². The maximum atomic E-state index is 10.3. The van der Waals surface area contributed by atoms with E-state index in [1.807, 2.05) is 0 Å². The van der Waals surface area contributed by atoms with E-state index in [2.05, 4.69) is 5.32 Å². The summed E-state index contributed by atoms with van der Waals surface area (Å²) in [6.07, 6.45) is 1.32. The highest BCUT2D eigenvalue weighted by molar-refractivity contribution is 5.17. The standard InChI is InChI=1S/C10H16N2O4/c1-8(13)3-2-6-11-7-9-4-5-10(16-9)12(14)15/h4-5,8,11,13H,2-3,6-7H2,1H3. The average molecular weight is 228 g/mol. The van der Waals surface area contributed by atoms with E-state index in [0.29, 0.717) is 12.3 Å². The molecule has 0 aliphatic heterocycles. The van der Waals surface area contributed by atoms with Crippen molar-refractivity contribution in [3.05, 3.63) is 28.0 Å². The predicted molar refractivity (Wildman–Crippen MR) is 58.0 cm³/mol. The quantitative estimate of drug-likeness (QED) is 0.419. The fourth-order valence-electron chi connectivity index (χ4n) is 1.29. The maximum absolute atomic E-state index is 10.3. The highest BCUT2D eigenvalue weighted by Gasteiger charge is 2.10. The summed E-state index contributed by atoms with van der Waals surface area (Å²) in [4.78, 5) is 9.77. The molecule has 0 spiro atoms. The van der Waals surface area contributed by atoms with Gasteiger partial charge in [-0.3, -0.25) is 10.1 Å². The van der Waals surface area contributed by atoms with Crippen LogP contribution in [0.15, 0.2) is 16.5 Å². The second-order valence-corrected chi connectivity index (χ2v) is 3.67. The zero-order valence-corrected chi connectivity index (χ0v) is 9.18. The van der Waals surface area contributed by atoms with Crippen molar-refractivity contribution in [1.82, 2.24) is 5.32 Å². The fraction of sp³-hybridized carbons (Fsp3) is 0.600. The first-order chi connectivity index (χ1) is 7.59. The monoisotopic (exact) mass is 228 g/mol. The van der Waals surface area contributed by atoms with Gasteiger partial charge in [0.05, 0.1) is 18.7 Å². The van der Waals surface area contributed by atoms with Crippen LogP contribution < -0.4 is 5.32 Å². The van der Waals surface area contributed by atoms with Crippen LogP contribution in [0.25, 0.3) is 0 Å². The van der Waals surface area contributed by atoms with E-state index in [9.17, 15) is 10.1 Å². The van der Waals surface area contributed by atoms with E-state index < -0.39 is 4.92 Å². The molecule has 1 heterocycles. The molecule has 0 radical (unpaired) electrons. The second kappa shape index (κ2) is 6.24. The Morgan fingerprint density at radius 3 is 2.94 bits per heavy atom. The van der Waals surface area contributed by atoms with Gasteiger partial charge < -0.3 is 14.8 Å². The molecule has 1 aromatic rings.